The minimum Gasteiger partial charge on any atom is -0.442 e. The third kappa shape index (κ3) is 10.8. The molecule has 20 heavy (non-hydrogen) atoms. The van der Waals surface area contributed by atoms with Gasteiger partial charge in [-0.25, -0.2) is 0 Å². The van der Waals surface area contributed by atoms with Gasteiger partial charge in [-0.1, -0.05) is 49.3 Å². The summed E-state index contributed by atoms with van der Waals surface area (Å²) in [5, 5.41) is 3.24. The van der Waals surface area contributed by atoms with Crippen molar-refractivity contribution >= 4 is 37.7 Å². The lowest BCUT2D eigenvalue weighted by atomic mass is 10.4. The molecule has 0 aromatic heterocycles. The molecule has 0 aromatic carbocycles. The molecule has 6 nitrogen and oxygen atoms in total. The molecule has 0 amide bonds. The minimum absolute atomic E-state index is 0.0661. The van der Waals surface area contributed by atoms with Gasteiger partial charge in [0.25, 0.3) is 0 Å². The molecular weight excluding hydrogens is 322 g/mol. The third-order valence-corrected chi connectivity index (χ3v) is 5.93. The van der Waals surface area contributed by atoms with Gasteiger partial charge in [0, 0.05) is 23.5 Å². The predicted octanol–water partition coefficient (Wildman–Crippen LogP) is 1.92. The fourth-order valence-corrected chi connectivity index (χ4v) is 3.94. The van der Waals surface area contributed by atoms with Crippen molar-refractivity contribution in [3.8, 4) is 0 Å². The van der Waals surface area contributed by atoms with Gasteiger partial charge in [0.15, 0.2) is 0 Å². The fraction of sp³-hybridized carbons (Fsp3) is 0.909. The van der Waals surface area contributed by atoms with Gasteiger partial charge >= 0.3 is 16.1 Å². The van der Waals surface area contributed by atoms with Crippen LogP contribution in [-0.4, -0.2) is 48.0 Å². The van der Waals surface area contributed by atoms with E-state index in [0.717, 1.165) is 0 Å². The van der Waals surface area contributed by atoms with Crippen molar-refractivity contribution < 1.29 is 22.5 Å². The van der Waals surface area contributed by atoms with Crippen molar-refractivity contribution in [1.82, 2.24) is 5.32 Å². The minimum atomic E-state index is -4.39. The maximum absolute atomic E-state index is 11.5. The summed E-state index contributed by atoms with van der Waals surface area (Å²) in [5.41, 5.74) is -1.50. The fourth-order valence-electron chi connectivity index (χ4n) is 1.07. The number of nitrogens with one attached hydrogen (secondary N) is 1. The van der Waals surface area contributed by atoms with E-state index in [0.29, 0.717) is 11.0 Å². The van der Waals surface area contributed by atoms with Crippen molar-refractivity contribution in [2.24, 2.45) is 0 Å². The van der Waals surface area contributed by atoms with Gasteiger partial charge in [-0.3, -0.25) is 9.35 Å². The van der Waals surface area contributed by atoms with E-state index in [1.807, 2.05) is 27.7 Å². The van der Waals surface area contributed by atoms with Crippen LogP contribution in [0.5, 0.6) is 0 Å². The Bertz CT molecular complexity index is 384. The summed E-state index contributed by atoms with van der Waals surface area (Å²) in [6.07, 6.45) is 0.0661. The highest BCUT2D eigenvalue weighted by Gasteiger charge is 2.26. The predicted molar refractivity (Wildman–Crippen MR) is 84.4 cm³/mol. The number of ether oxygens (including phenoxy) is 1. The lowest BCUT2D eigenvalue weighted by molar-refractivity contribution is -0.144. The third-order valence-electron chi connectivity index (χ3n) is 1.95. The van der Waals surface area contributed by atoms with Gasteiger partial charge in [-0.2, -0.15) is 8.42 Å². The summed E-state index contributed by atoms with van der Waals surface area (Å²) in [4.78, 5) is 11.5. The van der Waals surface area contributed by atoms with Gasteiger partial charge in [-0.05, 0) is 0 Å². The zero-order valence-corrected chi connectivity index (χ0v) is 14.6. The number of hydrogen-bond donors (Lipinski definition) is 2. The molecule has 0 bridgehead atoms. The number of carbonyl (C=O) groups is 1. The summed E-state index contributed by atoms with van der Waals surface area (Å²) in [6, 6.07) is 0.0877. The van der Waals surface area contributed by atoms with E-state index >= 15 is 0 Å². The Kier molecular flexibility index (Phi) is 9.90. The van der Waals surface area contributed by atoms with Crippen molar-refractivity contribution in [3.05, 3.63) is 0 Å². The lowest BCUT2D eigenvalue weighted by Crippen LogP contribution is -2.35. The van der Waals surface area contributed by atoms with Crippen molar-refractivity contribution in [2.75, 3.05) is 12.3 Å². The summed E-state index contributed by atoms with van der Waals surface area (Å²) in [5.74, 6) is -0.221. The second-order valence-corrected chi connectivity index (χ2v) is 9.35. The van der Waals surface area contributed by atoms with E-state index in [4.69, 9.17) is 9.29 Å². The molecule has 120 valence electrons. The van der Waals surface area contributed by atoms with E-state index in [2.05, 4.69) is 5.32 Å². The Labute approximate surface area is 128 Å². The largest absolute Gasteiger partial charge is 0.442 e. The Morgan fingerprint density at radius 1 is 1.30 bits per heavy atom. The number of rotatable bonds is 10. The lowest BCUT2D eigenvalue weighted by Gasteiger charge is -2.16. The molecule has 2 N–H and O–H groups in total. The molecule has 0 fully saturated rings. The van der Waals surface area contributed by atoms with Crippen molar-refractivity contribution in [3.63, 3.8) is 0 Å². The molecule has 9 heteroatoms. The van der Waals surface area contributed by atoms with Crippen LogP contribution in [0, 0.1) is 0 Å². The van der Waals surface area contributed by atoms with Crippen LogP contribution in [0.2, 0.25) is 0 Å². The van der Waals surface area contributed by atoms with E-state index in [-0.39, 0.29) is 19.0 Å². The maximum atomic E-state index is 11.5. The van der Waals surface area contributed by atoms with Crippen LogP contribution in [0.15, 0.2) is 0 Å². The number of esters is 1. The Balaban J connectivity index is 4.26. The molecule has 0 aliphatic heterocycles. The maximum Gasteiger partial charge on any atom is 0.321 e. The van der Waals surface area contributed by atoms with Crippen LogP contribution in [0.3, 0.4) is 0 Å². The number of carbonyl (C=O) groups excluding carboxylic acids is 1. The van der Waals surface area contributed by atoms with Gasteiger partial charge < -0.3 is 10.1 Å². The first-order valence-corrected chi connectivity index (χ1v) is 10.2. The SMILES string of the molecule is CC(C)NCC(=O)OC(CCSSC(C)C)S(=O)(=O)O. The first kappa shape index (κ1) is 20.0. The highest BCUT2D eigenvalue weighted by Crippen LogP contribution is 2.27. The highest BCUT2D eigenvalue weighted by atomic mass is 33.1. The van der Waals surface area contributed by atoms with E-state index in [9.17, 15) is 13.2 Å². The van der Waals surface area contributed by atoms with Crippen LogP contribution in [0.4, 0.5) is 0 Å². The molecular formula is C11H23NO5S3. The average Bonchev–Trinajstić information content (AvgIpc) is 2.28. The van der Waals surface area contributed by atoms with Crippen LogP contribution < -0.4 is 5.32 Å². The molecule has 0 heterocycles. The smallest absolute Gasteiger partial charge is 0.321 e. The molecule has 0 aromatic rings. The molecule has 0 saturated heterocycles. The van der Waals surface area contributed by atoms with Crippen LogP contribution >= 0.6 is 21.6 Å². The molecule has 0 aliphatic carbocycles. The van der Waals surface area contributed by atoms with Crippen molar-refractivity contribution in [2.45, 2.75) is 50.8 Å². The van der Waals surface area contributed by atoms with E-state index < -0.39 is 21.5 Å². The normalized spacial score (nSPS) is 13.8. The molecule has 0 spiro atoms. The second-order valence-electron chi connectivity index (χ2n) is 4.73. The molecule has 0 saturated carbocycles. The van der Waals surface area contributed by atoms with Gasteiger partial charge in [-0.15, -0.1) is 0 Å². The summed E-state index contributed by atoms with van der Waals surface area (Å²) < 4.78 is 36.2. The summed E-state index contributed by atoms with van der Waals surface area (Å²) >= 11 is 0. The van der Waals surface area contributed by atoms with Gasteiger partial charge in [0.1, 0.15) is 0 Å². The number of hydrogen-bond acceptors (Lipinski definition) is 7. The van der Waals surface area contributed by atoms with Crippen LogP contribution in [-0.2, 0) is 19.6 Å². The van der Waals surface area contributed by atoms with Crippen molar-refractivity contribution in [1.29, 1.82) is 0 Å². The summed E-state index contributed by atoms with van der Waals surface area (Å²) in [7, 11) is -1.30. The monoisotopic (exact) mass is 345 g/mol. The average molecular weight is 346 g/mol. The molecule has 0 rings (SSSR count). The van der Waals surface area contributed by atoms with E-state index in [1.54, 1.807) is 10.8 Å². The van der Waals surface area contributed by atoms with Crippen LogP contribution in [0.1, 0.15) is 34.1 Å². The van der Waals surface area contributed by atoms with Gasteiger partial charge in [0.2, 0.25) is 5.44 Å². The molecule has 0 aliphatic rings. The zero-order valence-electron chi connectivity index (χ0n) is 12.2. The van der Waals surface area contributed by atoms with Crippen LogP contribution in [0.25, 0.3) is 0 Å². The summed E-state index contributed by atoms with van der Waals surface area (Å²) in [6.45, 7) is 7.67. The van der Waals surface area contributed by atoms with E-state index in [1.165, 1.54) is 10.8 Å². The highest BCUT2D eigenvalue weighted by molar-refractivity contribution is 8.76. The topological polar surface area (TPSA) is 92.7 Å². The molecule has 0 radical (unpaired) electrons. The second kappa shape index (κ2) is 9.88. The zero-order chi connectivity index (χ0) is 15.8. The first-order valence-electron chi connectivity index (χ1n) is 6.30. The first-order chi connectivity index (χ1) is 9.12. The molecule has 1 atom stereocenters. The Morgan fingerprint density at radius 3 is 2.35 bits per heavy atom. The Hall–Kier alpha value is 0.0400. The quantitative estimate of drug-likeness (QED) is 0.268. The molecule has 1 unspecified atom stereocenters. The Morgan fingerprint density at radius 2 is 1.90 bits per heavy atom. The standard InChI is InChI=1S/C11H23NO5S3/c1-8(2)12-7-10(13)17-11(20(14,15)16)5-6-18-19-9(3)4/h8-9,11-12H,5-7H2,1-4H3,(H,14,15,16). The van der Waals surface area contributed by atoms with Gasteiger partial charge in [0.05, 0.1) is 6.54 Å².